The molecule has 0 radical (unpaired) electrons. The number of hydrogen-bond acceptors (Lipinski definition) is 4. The summed E-state index contributed by atoms with van der Waals surface area (Å²) >= 11 is 0. The molecule has 1 unspecified atom stereocenters. The van der Waals surface area contributed by atoms with Gasteiger partial charge in [-0.3, -0.25) is 4.79 Å². The van der Waals surface area contributed by atoms with E-state index in [1.54, 1.807) is 14.2 Å². The molecule has 1 aromatic rings. The predicted molar refractivity (Wildman–Crippen MR) is 81.9 cm³/mol. The zero-order valence-electron chi connectivity index (χ0n) is 12.4. The Morgan fingerprint density at radius 3 is 2.55 bits per heavy atom. The second-order valence-corrected chi connectivity index (χ2v) is 4.25. The van der Waals surface area contributed by atoms with Crippen molar-refractivity contribution in [2.75, 3.05) is 27.8 Å². The van der Waals surface area contributed by atoms with Gasteiger partial charge in [0.25, 0.3) is 0 Å². The van der Waals surface area contributed by atoms with Crippen LogP contribution in [0.3, 0.4) is 0 Å². The van der Waals surface area contributed by atoms with E-state index in [1.807, 2.05) is 32.2 Å². The number of carbonyl (C=O) groups excluding carboxylic acids is 1. The first kappa shape index (κ1) is 18.5. The van der Waals surface area contributed by atoms with Crippen molar-refractivity contribution in [3.8, 4) is 11.5 Å². The Morgan fingerprint density at radius 1 is 1.30 bits per heavy atom. The third-order valence-corrected chi connectivity index (χ3v) is 2.88. The van der Waals surface area contributed by atoms with Crippen molar-refractivity contribution in [3.05, 3.63) is 23.8 Å². The third kappa shape index (κ3) is 5.27. The lowest BCUT2D eigenvalue weighted by atomic mass is 10.1. The quantitative estimate of drug-likeness (QED) is 0.808. The lowest BCUT2D eigenvalue weighted by Gasteiger charge is -2.18. The summed E-state index contributed by atoms with van der Waals surface area (Å²) in [7, 11) is 5.05. The number of ether oxygens (including phenoxy) is 2. The molecule has 0 fully saturated rings. The van der Waals surface area contributed by atoms with Crippen LogP contribution < -0.4 is 20.1 Å². The molecule has 2 N–H and O–H groups in total. The molecule has 0 bridgehead atoms. The maximum atomic E-state index is 11.7. The Bertz CT molecular complexity index is 427. The molecule has 0 saturated carbocycles. The minimum Gasteiger partial charge on any atom is -0.497 e. The summed E-state index contributed by atoms with van der Waals surface area (Å²) in [6, 6.07) is 5.42. The van der Waals surface area contributed by atoms with Gasteiger partial charge in [0.1, 0.15) is 11.5 Å². The van der Waals surface area contributed by atoms with Gasteiger partial charge in [-0.25, -0.2) is 0 Å². The number of benzene rings is 1. The molecule has 114 valence electrons. The maximum Gasteiger partial charge on any atom is 0.221 e. The SMILES string of the molecule is CNCCC(=O)NC(C)c1cc(OC)ccc1OC.Cl. The van der Waals surface area contributed by atoms with E-state index in [4.69, 9.17) is 9.47 Å². The van der Waals surface area contributed by atoms with Gasteiger partial charge in [0, 0.05) is 18.5 Å². The maximum absolute atomic E-state index is 11.7. The number of nitrogens with one attached hydrogen (secondary N) is 2. The van der Waals surface area contributed by atoms with E-state index >= 15 is 0 Å². The molecule has 5 nitrogen and oxygen atoms in total. The molecule has 1 rings (SSSR count). The highest BCUT2D eigenvalue weighted by molar-refractivity contribution is 5.85. The van der Waals surface area contributed by atoms with Crippen molar-refractivity contribution < 1.29 is 14.3 Å². The van der Waals surface area contributed by atoms with Crippen LogP contribution >= 0.6 is 12.4 Å². The van der Waals surface area contributed by atoms with Crippen molar-refractivity contribution in [2.24, 2.45) is 0 Å². The molecule has 0 aliphatic rings. The fourth-order valence-electron chi connectivity index (χ4n) is 1.81. The minimum absolute atomic E-state index is 0. The van der Waals surface area contributed by atoms with Gasteiger partial charge in [0.05, 0.1) is 20.3 Å². The number of halogens is 1. The Hall–Kier alpha value is -1.46. The van der Waals surface area contributed by atoms with Crippen LogP contribution in [0.25, 0.3) is 0 Å². The van der Waals surface area contributed by atoms with E-state index in [1.165, 1.54) is 0 Å². The first-order chi connectivity index (χ1) is 9.12. The lowest BCUT2D eigenvalue weighted by molar-refractivity contribution is -0.121. The lowest BCUT2D eigenvalue weighted by Crippen LogP contribution is -2.29. The predicted octanol–water partition coefficient (Wildman–Crippen LogP) is 1.91. The van der Waals surface area contributed by atoms with Crippen LogP contribution in [-0.2, 0) is 4.79 Å². The topological polar surface area (TPSA) is 59.6 Å². The highest BCUT2D eigenvalue weighted by atomic mass is 35.5. The number of methoxy groups -OCH3 is 2. The summed E-state index contributed by atoms with van der Waals surface area (Å²) in [6.07, 6.45) is 0.452. The summed E-state index contributed by atoms with van der Waals surface area (Å²) in [4.78, 5) is 11.7. The van der Waals surface area contributed by atoms with Crippen LogP contribution in [0, 0.1) is 0 Å². The second kappa shape index (κ2) is 9.44. The van der Waals surface area contributed by atoms with Crippen molar-refractivity contribution in [1.82, 2.24) is 10.6 Å². The Balaban J connectivity index is 0.00000361. The van der Waals surface area contributed by atoms with E-state index < -0.39 is 0 Å². The van der Waals surface area contributed by atoms with Gasteiger partial charge in [-0.2, -0.15) is 0 Å². The number of hydrogen-bond donors (Lipinski definition) is 2. The number of carbonyl (C=O) groups is 1. The average molecular weight is 303 g/mol. The van der Waals surface area contributed by atoms with Gasteiger partial charge in [-0.05, 0) is 32.2 Å². The fourth-order valence-corrected chi connectivity index (χ4v) is 1.81. The zero-order valence-corrected chi connectivity index (χ0v) is 13.2. The molecule has 6 heteroatoms. The van der Waals surface area contributed by atoms with Gasteiger partial charge < -0.3 is 20.1 Å². The Labute approximate surface area is 126 Å². The normalized spacial score (nSPS) is 11.2. The van der Waals surface area contributed by atoms with Gasteiger partial charge in [-0.1, -0.05) is 0 Å². The first-order valence-electron chi connectivity index (χ1n) is 6.28. The molecular weight excluding hydrogens is 280 g/mol. The highest BCUT2D eigenvalue weighted by Gasteiger charge is 2.14. The molecule has 1 amide bonds. The molecule has 20 heavy (non-hydrogen) atoms. The van der Waals surface area contributed by atoms with Crippen LogP contribution in [0.2, 0.25) is 0 Å². The molecule has 0 spiro atoms. The van der Waals surface area contributed by atoms with Crippen LogP contribution in [-0.4, -0.2) is 33.7 Å². The second-order valence-electron chi connectivity index (χ2n) is 4.25. The molecule has 1 atom stereocenters. The van der Waals surface area contributed by atoms with Gasteiger partial charge in [-0.15, -0.1) is 12.4 Å². The Morgan fingerprint density at radius 2 is 2.00 bits per heavy atom. The zero-order chi connectivity index (χ0) is 14.3. The molecule has 0 aliphatic carbocycles. The first-order valence-corrected chi connectivity index (χ1v) is 6.28. The molecule has 1 aromatic carbocycles. The summed E-state index contributed by atoms with van der Waals surface area (Å²) < 4.78 is 10.5. The molecule has 0 aromatic heterocycles. The monoisotopic (exact) mass is 302 g/mol. The molecule has 0 aliphatic heterocycles. The van der Waals surface area contributed by atoms with E-state index in [9.17, 15) is 4.79 Å². The standard InChI is InChI=1S/C14H22N2O3.ClH/c1-10(16-14(17)7-8-15-2)12-9-11(18-3)5-6-13(12)19-4;/h5-6,9-10,15H,7-8H2,1-4H3,(H,16,17);1H. The van der Waals surface area contributed by atoms with Crippen molar-refractivity contribution in [1.29, 1.82) is 0 Å². The highest BCUT2D eigenvalue weighted by Crippen LogP contribution is 2.29. The van der Waals surface area contributed by atoms with Crippen LogP contribution in [0.4, 0.5) is 0 Å². The van der Waals surface area contributed by atoms with Crippen LogP contribution in [0.1, 0.15) is 24.9 Å². The van der Waals surface area contributed by atoms with Crippen molar-refractivity contribution >= 4 is 18.3 Å². The largest absolute Gasteiger partial charge is 0.497 e. The number of amides is 1. The average Bonchev–Trinajstić information content (AvgIpc) is 2.44. The summed E-state index contributed by atoms with van der Waals surface area (Å²) in [6.45, 7) is 2.59. The summed E-state index contributed by atoms with van der Waals surface area (Å²) in [5.41, 5.74) is 0.902. The van der Waals surface area contributed by atoms with Crippen LogP contribution in [0.15, 0.2) is 18.2 Å². The van der Waals surface area contributed by atoms with Gasteiger partial charge >= 0.3 is 0 Å². The van der Waals surface area contributed by atoms with Gasteiger partial charge in [0.2, 0.25) is 5.91 Å². The summed E-state index contributed by atoms with van der Waals surface area (Å²) in [5.74, 6) is 1.49. The van der Waals surface area contributed by atoms with E-state index in [0.717, 1.165) is 17.1 Å². The third-order valence-electron chi connectivity index (χ3n) is 2.88. The van der Waals surface area contributed by atoms with Crippen molar-refractivity contribution in [2.45, 2.75) is 19.4 Å². The minimum atomic E-state index is -0.130. The van der Waals surface area contributed by atoms with Crippen molar-refractivity contribution in [3.63, 3.8) is 0 Å². The molecule has 0 heterocycles. The summed E-state index contributed by atoms with van der Waals surface area (Å²) in [5, 5.41) is 5.89. The van der Waals surface area contributed by atoms with Crippen LogP contribution in [0.5, 0.6) is 11.5 Å². The van der Waals surface area contributed by atoms with E-state index in [0.29, 0.717) is 13.0 Å². The fraction of sp³-hybridized carbons (Fsp3) is 0.500. The molecule has 0 saturated heterocycles. The smallest absolute Gasteiger partial charge is 0.221 e. The van der Waals surface area contributed by atoms with E-state index in [2.05, 4.69) is 10.6 Å². The Kier molecular flexibility index (Phi) is 8.76. The molecular formula is C14H23ClN2O3. The van der Waals surface area contributed by atoms with E-state index in [-0.39, 0.29) is 24.4 Å². The van der Waals surface area contributed by atoms with Gasteiger partial charge in [0.15, 0.2) is 0 Å². The number of rotatable bonds is 7.